The molecule has 29 heavy (non-hydrogen) atoms. The summed E-state index contributed by atoms with van der Waals surface area (Å²) in [6, 6.07) is 4.07. The Hall–Kier alpha value is -2.33. The minimum Gasteiger partial charge on any atom is -0.481 e. The van der Waals surface area contributed by atoms with Gasteiger partial charge in [-0.05, 0) is 38.0 Å². The van der Waals surface area contributed by atoms with Gasteiger partial charge in [0.2, 0.25) is 5.91 Å². The first-order valence-electron chi connectivity index (χ1n) is 9.66. The van der Waals surface area contributed by atoms with Crippen molar-refractivity contribution in [2.45, 2.75) is 43.5 Å². The number of amides is 1. The third kappa shape index (κ3) is 6.07. The molecule has 1 aromatic rings. The van der Waals surface area contributed by atoms with Crippen LogP contribution < -0.4 is 16.4 Å². The van der Waals surface area contributed by atoms with Crippen molar-refractivity contribution in [3.8, 4) is 0 Å². The van der Waals surface area contributed by atoms with Crippen LogP contribution in [0, 0.1) is 11.8 Å². The van der Waals surface area contributed by atoms with Gasteiger partial charge < -0.3 is 26.6 Å². The van der Waals surface area contributed by atoms with Crippen molar-refractivity contribution in [2.24, 2.45) is 11.8 Å². The fraction of sp³-hybridized carbons (Fsp3) is 0.579. The number of anilines is 2. The van der Waals surface area contributed by atoms with Gasteiger partial charge in [-0.1, -0.05) is 12.8 Å². The third-order valence-corrected chi connectivity index (χ3v) is 6.84. The molecule has 0 radical (unpaired) electrons. The molecule has 1 aromatic carbocycles. The highest BCUT2D eigenvalue weighted by Crippen LogP contribution is 2.30. The molecule has 3 atom stereocenters. The van der Waals surface area contributed by atoms with Crippen molar-refractivity contribution >= 4 is 33.1 Å². The largest absolute Gasteiger partial charge is 0.481 e. The fourth-order valence-corrected chi connectivity index (χ4v) is 4.83. The van der Waals surface area contributed by atoms with Gasteiger partial charge in [0.05, 0.1) is 34.8 Å². The van der Waals surface area contributed by atoms with Crippen LogP contribution in [0.3, 0.4) is 0 Å². The highest BCUT2D eigenvalue weighted by Gasteiger charge is 2.36. The third-order valence-electron chi connectivity index (χ3n) is 5.11. The number of carbonyl (C=O) groups excluding carboxylic acids is 1. The van der Waals surface area contributed by atoms with Gasteiger partial charge in [-0.2, -0.15) is 0 Å². The zero-order valence-corrected chi connectivity index (χ0v) is 17.2. The summed E-state index contributed by atoms with van der Waals surface area (Å²) in [6.45, 7) is 1.49. The van der Waals surface area contributed by atoms with E-state index in [4.69, 9.17) is 10.8 Å². The highest BCUT2D eigenvalue weighted by atomic mass is 32.2. The molecule has 9 nitrogen and oxygen atoms in total. The number of hydrogen-bond donors (Lipinski definition) is 5. The number of carboxylic acid groups (broad SMARTS) is 1. The summed E-state index contributed by atoms with van der Waals surface area (Å²) in [7, 11) is -3.71. The standard InChI is InChI=1S/C19H29N3O6S/c1-12(22-18(24)14-4-2-3-5-15(14)19(25)26)11-21-16-7-6-13(20)10-17(16)29(27,28)9-8-23/h6-7,10,12,14-15,21,23H,2-5,8-9,11,20H2,1H3,(H,22,24)(H,25,26). The second-order valence-corrected chi connectivity index (χ2v) is 9.50. The van der Waals surface area contributed by atoms with Crippen LogP contribution in [-0.2, 0) is 19.4 Å². The van der Waals surface area contributed by atoms with E-state index in [2.05, 4.69) is 10.6 Å². The van der Waals surface area contributed by atoms with Crippen LogP contribution >= 0.6 is 0 Å². The number of aliphatic hydroxyl groups is 1. The minimum atomic E-state index is -3.71. The number of sulfone groups is 1. The normalized spacial score (nSPS) is 20.6. The van der Waals surface area contributed by atoms with E-state index in [1.54, 1.807) is 13.0 Å². The topological polar surface area (TPSA) is 159 Å². The van der Waals surface area contributed by atoms with E-state index < -0.39 is 40.0 Å². The molecule has 1 saturated carbocycles. The van der Waals surface area contributed by atoms with Crippen molar-refractivity contribution in [3.05, 3.63) is 18.2 Å². The van der Waals surface area contributed by atoms with Crippen molar-refractivity contribution in [3.63, 3.8) is 0 Å². The summed E-state index contributed by atoms with van der Waals surface area (Å²) >= 11 is 0. The Morgan fingerprint density at radius 3 is 2.52 bits per heavy atom. The Morgan fingerprint density at radius 1 is 1.24 bits per heavy atom. The van der Waals surface area contributed by atoms with E-state index in [0.717, 1.165) is 12.8 Å². The lowest BCUT2D eigenvalue weighted by Gasteiger charge is -2.29. The van der Waals surface area contributed by atoms with Crippen LogP contribution in [0.25, 0.3) is 0 Å². The maximum Gasteiger partial charge on any atom is 0.307 e. The number of carboxylic acids is 1. The molecule has 3 unspecified atom stereocenters. The number of hydrogen-bond acceptors (Lipinski definition) is 7. The summed E-state index contributed by atoms with van der Waals surface area (Å²) < 4.78 is 24.7. The van der Waals surface area contributed by atoms with Gasteiger partial charge in [-0.15, -0.1) is 0 Å². The maximum absolute atomic E-state index is 12.5. The number of aliphatic carboxylic acids is 1. The quantitative estimate of drug-likeness (QED) is 0.363. The van der Waals surface area contributed by atoms with Gasteiger partial charge in [-0.25, -0.2) is 8.42 Å². The first-order chi connectivity index (χ1) is 13.7. The van der Waals surface area contributed by atoms with Gasteiger partial charge >= 0.3 is 5.97 Å². The molecule has 0 saturated heterocycles. The molecule has 0 aliphatic heterocycles. The van der Waals surface area contributed by atoms with E-state index in [1.807, 2.05) is 0 Å². The number of rotatable bonds is 9. The second-order valence-electron chi connectivity index (χ2n) is 7.42. The van der Waals surface area contributed by atoms with E-state index in [9.17, 15) is 23.1 Å². The van der Waals surface area contributed by atoms with Gasteiger partial charge in [0, 0.05) is 18.3 Å². The van der Waals surface area contributed by atoms with Crippen molar-refractivity contribution in [1.29, 1.82) is 0 Å². The zero-order valence-electron chi connectivity index (χ0n) is 16.4. The number of nitrogens with one attached hydrogen (secondary N) is 2. The highest BCUT2D eigenvalue weighted by molar-refractivity contribution is 7.91. The summed E-state index contributed by atoms with van der Waals surface area (Å²) in [5.74, 6) is -2.89. The lowest BCUT2D eigenvalue weighted by Crippen LogP contribution is -2.45. The zero-order chi connectivity index (χ0) is 21.6. The Bertz CT molecular complexity index is 842. The van der Waals surface area contributed by atoms with E-state index in [-0.39, 0.29) is 29.1 Å². The first-order valence-corrected chi connectivity index (χ1v) is 11.3. The van der Waals surface area contributed by atoms with Gasteiger partial charge in [0.15, 0.2) is 9.84 Å². The first kappa shape index (κ1) is 23.0. The van der Waals surface area contributed by atoms with E-state index in [0.29, 0.717) is 18.5 Å². The lowest BCUT2D eigenvalue weighted by atomic mass is 9.78. The molecular weight excluding hydrogens is 398 g/mol. The Morgan fingerprint density at radius 2 is 1.90 bits per heavy atom. The molecule has 1 amide bonds. The Labute approximate surface area is 170 Å². The fourth-order valence-electron chi connectivity index (χ4n) is 3.58. The molecule has 0 heterocycles. The molecule has 1 aliphatic carbocycles. The maximum atomic E-state index is 12.5. The van der Waals surface area contributed by atoms with Crippen LogP contribution in [0.15, 0.2) is 23.1 Å². The van der Waals surface area contributed by atoms with Crippen molar-refractivity contribution in [2.75, 3.05) is 30.0 Å². The van der Waals surface area contributed by atoms with Crippen molar-refractivity contribution in [1.82, 2.24) is 5.32 Å². The Kier molecular flexibility index (Phi) is 7.86. The van der Waals surface area contributed by atoms with Crippen LogP contribution in [0.2, 0.25) is 0 Å². The lowest BCUT2D eigenvalue weighted by molar-refractivity contribution is -0.149. The van der Waals surface area contributed by atoms with Crippen molar-refractivity contribution < 1.29 is 28.2 Å². The van der Waals surface area contributed by atoms with E-state index >= 15 is 0 Å². The smallest absolute Gasteiger partial charge is 0.307 e. The second kappa shape index (κ2) is 9.93. The van der Waals surface area contributed by atoms with Crippen LogP contribution in [0.1, 0.15) is 32.6 Å². The Balaban J connectivity index is 2.03. The van der Waals surface area contributed by atoms with Gasteiger partial charge in [-0.3, -0.25) is 9.59 Å². The molecule has 0 bridgehead atoms. The number of benzene rings is 1. The summed E-state index contributed by atoms with van der Waals surface area (Å²) in [4.78, 5) is 23.9. The van der Waals surface area contributed by atoms with Gasteiger partial charge in [0.25, 0.3) is 0 Å². The minimum absolute atomic E-state index is 0.0108. The summed E-state index contributed by atoms with van der Waals surface area (Å²) in [5.41, 5.74) is 6.31. The molecule has 1 fully saturated rings. The van der Waals surface area contributed by atoms with Crippen LogP contribution in [0.5, 0.6) is 0 Å². The molecule has 6 N–H and O–H groups in total. The van der Waals surface area contributed by atoms with E-state index in [1.165, 1.54) is 12.1 Å². The SMILES string of the molecule is CC(CNc1ccc(N)cc1S(=O)(=O)CCO)NC(=O)C1CCCCC1C(=O)O. The number of nitrogens with two attached hydrogens (primary N) is 1. The average molecular weight is 428 g/mol. The van der Waals surface area contributed by atoms with Gasteiger partial charge in [0.1, 0.15) is 0 Å². The molecule has 1 aliphatic rings. The predicted molar refractivity (Wildman–Crippen MR) is 109 cm³/mol. The molecule has 10 heteroatoms. The summed E-state index contributed by atoms with van der Waals surface area (Å²) in [5, 5.41) is 24.2. The molecule has 162 valence electrons. The average Bonchev–Trinajstić information content (AvgIpc) is 2.66. The molecule has 0 aromatic heterocycles. The monoisotopic (exact) mass is 427 g/mol. The van der Waals surface area contributed by atoms with Crippen LogP contribution in [0.4, 0.5) is 11.4 Å². The summed E-state index contributed by atoms with van der Waals surface area (Å²) in [6.07, 6.45) is 2.67. The molecule has 2 rings (SSSR count). The number of carbonyl (C=O) groups is 2. The van der Waals surface area contributed by atoms with Crippen LogP contribution in [-0.4, -0.2) is 55.5 Å². The molecular formula is C19H29N3O6S. The predicted octanol–water partition coefficient (Wildman–Crippen LogP) is 0.842. The number of aliphatic hydroxyl groups excluding tert-OH is 1. The number of nitrogen functional groups attached to an aromatic ring is 1. The molecule has 0 spiro atoms.